The molecular weight excluding hydrogens is 322 g/mol. The van der Waals surface area contributed by atoms with Crippen LogP contribution in [0.25, 0.3) is 11.1 Å². The van der Waals surface area contributed by atoms with Gasteiger partial charge in [0.1, 0.15) is 12.1 Å². The normalized spacial score (nSPS) is 11.9. The topological polar surface area (TPSA) is 58.0 Å². The van der Waals surface area contributed by atoms with E-state index in [1.54, 1.807) is 12.4 Å². The van der Waals surface area contributed by atoms with E-state index < -0.39 is 0 Å². The van der Waals surface area contributed by atoms with Gasteiger partial charge < -0.3 is 10.4 Å². The van der Waals surface area contributed by atoms with Gasteiger partial charge in [0, 0.05) is 41.2 Å². The van der Waals surface area contributed by atoms with Gasteiger partial charge in [-0.2, -0.15) is 0 Å². The number of aromatic nitrogens is 2. The third-order valence-corrected chi connectivity index (χ3v) is 3.74. The summed E-state index contributed by atoms with van der Waals surface area (Å²) in [4.78, 5) is 8.14. The summed E-state index contributed by atoms with van der Waals surface area (Å²) in [5, 5.41) is 14.2. The molecule has 1 aromatic carbocycles. The molecule has 0 aliphatic heterocycles. The molecule has 0 bridgehead atoms. The molecule has 1 heterocycles. The molecule has 4 nitrogen and oxygen atoms in total. The fourth-order valence-corrected chi connectivity index (χ4v) is 2.28. The van der Waals surface area contributed by atoms with Crippen molar-refractivity contribution in [3.8, 4) is 16.9 Å². The second-order valence-corrected chi connectivity index (χ2v) is 8.01. The van der Waals surface area contributed by atoms with Gasteiger partial charge in [0.05, 0.1) is 0 Å². The third-order valence-electron chi connectivity index (χ3n) is 3.74. The van der Waals surface area contributed by atoms with Crippen molar-refractivity contribution < 1.29 is 5.11 Å². The number of halogens is 1. The number of nitrogens with one attached hydrogen (secondary N) is 1. The summed E-state index contributed by atoms with van der Waals surface area (Å²) in [5.41, 5.74) is 3.66. The van der Waals surface area contributed by atoms with Crippen molar-refractivity contribution in [2.75, 3.05) is 0 Å². The fourth-order valence-electron chi connectivity index (χ4n) is 2.28. The van der Waals surface area contributed by atoms with Crippen LogP contribution in [0.4, 0.5) is 0 Å². The van der Waals surface area contributed by atoms with Crippen LogP contribution >= 0.6 is 12.4 Å². The van der Waals surface area contributed by atoms with E-state index in [4.69, 9.17) is 0 Å². The number of aromatic hydroxyl groups is 1. The summed E-state index contributed by atoms with van der Waals surface area (Å²) in [7, 11) is 0. The zero-order chi connectivity index (χ0) is 17.3. The summed E-state index contributed by atoms with van der Waals surface area (Å²) in [5.74, 6) is 0.296. The molecule has 0 aliphatic carbocycles. The van der Waals surface area contributed by atoms with Crippen LogP contribution in [0, 0.1) is 0 Å². The molecule has 2 N–H and O–H groups in total. The van der Waals surface area contributed by atoms with Crippen molar-refractivity contribution in [1.82, 2.24) is 15.3 Å². The number of phenolic OH excluding ortho intramolecular Hbond substituents is 1. The van der Waals surface area contributed by atoms with Gasteiger partial charge in [0.2, 0.25) is 0 Å². The number of nitrogens with zero attached hydrogens (tertiary/aromatic N) is 2. The Morgan fingerprint density at radius 2 is 1.58 bits per heavy atom. The zero-order valence-electron chi connectivity index (χ0n) is 15.3. The van der Waals surface area contributed by atoms with Gasteiger partial charge in [-0.15, -0.1) is 12.4 Å². The minimum absolute atomic E-state index is 0. The number of hydrogen-bond donors (Lipinski definition) is 2. The summed E-state index contributed by atoms with van der Waals surface area (Å²) in [6.45, 7) is 13.5. The van der Waals surface area contributed by atoms with E-state index in [9.17, 15) is 5.11 Å². The lowest BCUT2D eigenvalue weighted by atomic mass is 9.84. The molecule has 5 heteroatoms. The van der Waals surface area contributed by atoms with Crippen molar-refractivity contribution >= 4 is 12.4 Å². The van der Waals surface area contributed by atoms with Crippen LogP contribution in [-0.4, -0.2) is 20.6 Å². The molecule has 0 saturated carbocycles. The van der Waals surface area contributed by atoms with Crippen LogP contribution < -0.4 is 5.32 Å². The number of rotatable bonds is 3. The summed E-state index contributed by atoms with van der Waals surface area (Å²) < 4.78 is 0. The molecule has 0 atom stereocenters. The second kappa shape index (κ2) is 7.49. The molecule has 0 spiro atoms. The quantitative estimate of drug-likeness (QED) is 0.859. The smallest absolute Gasteiger partial charge is 0.128 e. The van der Waals surface area contributed by atoms with E-state index in [0.717, 1.165) is 16.7 Å². The standard InChI is InChI=1S/C19H27N3O.ClH/c1-18(2,3)15-7-13(11-22-19(4,5)6)17(23)16(8-15)14-9-20-12-21-10-14;/h7-10,12,22-23H,11H2,1-6H3;1H. The molecule has 0 saturated heterocycles. The van der Waals surface area contributed by atoms with Crippen LogP contribution in [0.1, 0.15) is 52.7 Å². The zero-order valence-corrected chi connectivity index (χ0v) is 16.2. The van der Waals surface area contributed by atoms with E-state index in [1.165, 1.54) is 11.9 Å². The first-order valence-corrected chi connectivity index (χ1v) is 7.95. The summed E-state index contributed by atoms with van der Waals surface area (Å²) in [6, 6.07) is 4.12. The molecule has 0 fully saturated rings. The molecule has 2 rings (SSSR count). The van der Waals surface area contributed by atoms with E-state index in [2.05, 4.69) is 62.9 Å². The average Bonchev–Trinajstić information content (AvgIpc) is 2.45. The van der Waals surface area contributed by atoms with Crippen molar-refractivity contribution in [1.29, 1.82) is 0 Å². The highest BCUT2D eigenvalue weighted by molar-refractivity contribution is 5.85. The van der Waals surface area contributed by atoms with Gasteiger partial charge in [-0.3, -0.25) is 0 Å². The first-order chi connectivity index (χ1) is 10.6. The molecule has 0 radical (unpaired) electrons. The van der Waals surface area contributed by atoms with Crippen molar-refractivity contribution in [2.24, 2.45) is 0 Å². The number of phenols is 1. The number of benzene rings is 1. The van der Waals surface area contributed by atoms with Gasteiger partial charge in [0.25, 0.3) is 0 Å². The minimum atomic E-state index is -0.0137. The first kappa shape index (κ1) is 20.4. The Labute approximate surface area is 151 Å². The Hall–Kier alpha value is -1.65. The van der Waals surface area contributed by atoms with E-state index in [-0.39, 0.29) is 23.4 Å². The molecule has 0 aliphatic rings. The monoisotopic (exact) mass is 349 g/mol. The lowest BCUT2D eigenvalue weighted by molar-refractivity contribution is 0.411. The Morgan fingerprint density at radius 1 is 1.00 bits per heavy atom. The van der Waals surface area contributed by atoms with Crippen molar-refractivity contribution in [2.45, 2.75) is 59.0 Å². The lowest BCUT2D eigenvalue weighted by Gasteiger charge is -2.25. The molecule has 0 amide bonds. The maximum Gasteiger partial charge on any atom is 0.128 e. The lowest BCUT2D eigenvalue weighted by Crippen LogP contribution is -2.35. The third kappa shape index (κ3) is 5.18. The van der Waals surface area contributed by atoms with Gasteiger partial charge in [0.15, 0.2) is 0 Å². The Kier molecular flexibility index (Phi) is 6.37. The van der Waals surface area contributed by atoms with Crippen LogP contribution in [0.5, 0.6) is 5.75 Å². The molecule has 132 valence electrons. The largest absolute Gasteiger partial charge is 0.507 e. The van der Waals surface area contributed by atoms with Crippen molar-refractivity contribution in [3.05, 3.63) is 42.0 Å². The van der Waals surface area contributed by atoms with Crippen LogP contribution in [-0.2, 0) is 12.0 Å². The number of hydrogen-bond acceptors (Lipinski definition) is 4. The fraction of sp³-hybridized carbons (Fsp3) is 0.474. The minimum Gasteiger partial charge on any atom is -0.507 e. The molecular formula is C19H28ClN3O. The predicted molar refractivity (Wildman–Crippen MR) is 102 cm³/mol. The average molecular weight is 350 g/mol. The van der Waals surface area contributed by atoms with E-state index in [0.29, 0.717) is 12.3 Å². The molecule has 1 aromatic heterocycles. The summed E-state index contributed by atoms with van der Waals surface area (Å²) >= 11 is 0. The second-order valence-electron chi connectivity index (χ2n) is 8.01. The van der Waals surface area contributed by atoms with Crippen LogP contribution in [0.15, 0.2) is 30.9 Å². The van der Waals surface area contributed by atoms with Crippen molar-refractivity contribution in [3.63, 3.8) is 0 Å². The Morgan fingerprint density at radius 3 is 2.08 bits per heavy atom. The van der Waals surface area contributed by atoms with Crippen LogP contribution in [0.2, 0.25) is 0 Å². The SMILES string of the molecule is CC(C)(C)NCc1cc(C(C)(C)C)cc(-c2cncnc2)c1O.Cl. The molecule has 24 heavy (non-hydrogen) atoms. The van der Waals surface area contributed by atoms with E-state index >= 15 is 0 Å². The van der Waals surface area contributed by atoms with Gasteiger partial charge in [-0.05, 0) is 37.8 Å². The highest BCUT2D eigenvalue weighted by atomic mass is 35.5. The predicted octanol–water partition coefficient (Wildman–Crippen LogP) is 4.46. The van der Waals surface area contributed by atoms with Gasteiger partial charge in [-0.1, -0.05) is 26.8 Å². The first-order valence-electron chi connectivity index (χ1n) is 7.95. The van der Waals surface area contributed by atoms with Gasteiger partial charge >= 0.3 is 0 Å². The van der Waals surface area contributed by atoms with E-state index in [1.807, 2.05) is 6.07 Å². The van der Waals surface area contributed by atoms with Crippen LogP contribution in [0.3, 0.4) is 0 Å². The van der Waals surface area contributed by atoms with Gasteiger partial charge in [-0.25, -0.2) is 9.97 Å². The summed E-state index contributed by atoms with van der Waals surface area (Å²) in [6.07, 6.45) is 4.96. The maximum atomic E-state index is 10.7. The Balaban J connectivity index is 0.00000288. The molecule has 0 unspecified atom stereocenters. The Bertz CT molecular complexity index is 673. The maximum absolute atomic E-state index is 10.7. The highest BCUT2D eigenvalue weighted by Gasteiger charge is 2.20. The molecule has 2 aromatic rings. The highest BCUT2D eigenvalue weighted by Crippen LogP contribution is 2.36.